The summed E-state index contributed by atoms with van der Waals surface area (Å²) in [6.45, 7) is 5.28. The van der Waals surface area contributed by atoms with Crippen LogP contribution in [0, 0.1) is 11.3 Å². The Morgan fingerprint density at radius 1 is 1.17 bits per heavy atom. The molecule has 0 bridgehead atoms. The van der Waals surface area contributed by atoms with Crippen molar-refractivity contribution in [2.24, 2.45) is 0 Å². The number of hydrogen-bond donors (Lipinski definition) is 1. The number of ether oxygens (including phenoxy) is 1. The lowest BCUT2D eigenvalue weighted by Crippen LogP contribution is -2.47. The zero-order valence-electron chi connectivity index (χ0n) is 13.7. The van der Waals surface area contributed by atoms with E-state index in [2.05, 4.69) is 34.5 Å². The van der Waals surface area contributed by atoms with Crippen molar-refractivity contribution in [3.05, 3.63) is 53.6 Å². The lowest BCUT2D eigenvalue weighted by molar-refractivity contribution is 0.140. The first-order valence-corrected chi connectivity index (χ1v) is 8.55. The molecule has 0 aromatic heterocycles. The van der Waals surface area contributed by atoms with Gasteiger partial charge in [-0.1, -0.05) is 30.3 Å². The molecule has 1 saturated heterocycles. The highest BCUT2D eigenvalue weighted by Crippen LogP contribution is 2.39. The number of hydrogen-bond acceptors (Lipinski definition) is 4. The molecule has 1 unspecified atom stereocenters. The number of piperazine rings is 1. The SMILES string of the molecule is N#Cc1cccc(-c2cccc3c2OC(CN2CCNCC2)C3)c1. The van der Waals surface area contributed by atoms with E-state index in [0.717, 1.165) is 56.0 Å². The predicted molar refractivity (Wildman–Crippen MR) is 94.0 cm³/mol. The van der Waals surface area contributed by atoms with Crippen molar-refractivity contribution in [1.29, 1.82) is 5.26 Å². The van der Waals surface area contributed by atoms with Crippen LogP contribution in [-0.4, -0.2) is 43.7 Å². The minimum absolute atomic E-state index is 0.221. The summed E-state index contributed by atoms with van der Waals surface area (Å²) in [6, 6.07) is 16.3. The summed E-state index contributed by atoms with van der Waals surface area (Å²) in [7, 11) is 0. The normalized spacial score (nSPS) is 20.2. The van der Waals surface area contributed by atoms with Gasteiger partial charge in [-0.15, -0.1) is 0 Å². The Hall–Kier alpha value is -2.35. The first-order chi connectivity index (χ1) is 11.8. The molecule has 2 heterocycles. The van der Waals surface area contributed by atoms with Gasteiger partial charge in [-0.25, -0.2) is 0 Å². The van der Waals surface area contributed by atoms with Crippen LogP contribution in [0.25, 0.3) is 11.1 Å². The quantitative estimate of drug-likeness (QED) is 0.944. The number of fused-ring (bicyclic) bond motifs is 1. The van der Waals surface area contributed by atoms with Gasteiger partial charge in [0.1, 0.15) is 11.9 Å². The van der Waals surface area contributed by atoms with Gasteiger partial charge in [0.15, 0.2) is 0 Å². The zero-order chi connectivity index (χ0) is 16.4. The molecule has 4 nitrogen and oxygen atoms in total. The van der Waals surface area contributed by atoms with Crippen molar-refractivity contribution in [3.63, 3.8) is 0 Å². The molecule has 2 aromatic carbocycles. The van der Waals surface area contributed by atoms with Crippen LogP contribution in [0.4, 0.5) is 0 Å². The largest absolute Gasteiger partial charge is 0.488 e. The standard InChI is InChI=1S/C20H21N3O/c21-13-15-3-1-4-16(11-15)19-6-2-5-17-12-18(24-20(17)19)14-23-9-7-22-8-10-23/h1-6,11,18,22H,7-10,12,14H2. The first-order valence-electron chi connectivity index (χ1n) is 8.55. The monoisotopic (exact) mass is 319 g/mol. The summed E-state index contributed by atoms with van der Waals surface area (Å²) < 4.78 is 6.32. The number of nitrogens with zero attached hydrogens (tertiary/aromatic N) is 2. The topological polar surface area (TPSA) is 48.3 Å². The first kappa shape index (κ1) is 15.2. The average molecular weight is 319 g/mol. The fraction of sp³-hybridized carbons (Fsp3) is 0.350. The van der Waals surface area contributed by atoms with Gasteiger partial charge in [0, 0.05) is 44.7 Å². The molecule has 4 rings (SSSR count). The average Bonchev–Trinajstić information content (AvgIpc) is 3.05. The van der Waals surface area contributed by atoms with Crippen molar-refractivity contribution in [2.75, 3.05) is 32.7 Å². The number of nitrogens with one attached hydrogen (secondary N) is 1. The molecule has 122 valence electrons. The van der Waals surface area contributed by atoms with Gasteiger partial charge in [0.25, 0.3) is 0 Å². The Labute approximate surface area is 142 Å². The summed E-state index contributed by atoms with van der Waals surface area (Å²) in [5.74, 6) is 0.993. The molecule has 0 amide bonds. The van der Waals surface area contributed by atoms with Crippen LogP contribution in [0.15, 0.2) is 42.5 Å². The minimum atomic E-state index is 0.221. The highest BCUT2D eigenvalue weighted by molar-refractivity contribution is 5.74. The van der Waals surface area contributed by atoms with Crippen LogP contribution in [0.2, 0.25) is 0 Å². The van der Waals surface area contributed by atoms with Crippen molar-refractivity contribution in [2.45, 2.75) is 12.5 Å². The van der Waals surface area contributed by atoms with Gasteiger partial charge in [0.2, 0.25) is 0 Å². The van der Waals surface area contributed by atoms with E-state index in [-0.39, 0.29) is 6.10 Å². The van der Waals surface area contributed by atoms with Crippen LogP contribution >= 0.6 is 0 Å². The maximum Gasteiger partial charge on any atom is 0.130 e. The lowest BCUT2D eigenvalue weighted by atomic mass is 9.99. The molecule has 1 atom stereocenters. The second-order valence-electron chi connectivity index (χ2n) is 6.48. The van der Waals surface area contributed by atoms with E-state index >= 15 is 0 Å². The van der Waals surface area contributed by atoms with E-state index in [1.54, 1.807) is 0 Å². The van der Waals surface area contributed by atoms with E-state index in [1.165, 1.54) is 5.56 Å². The summed E-state index contributed by atoms with van der Waals surface area (Å²) in [5, 5.41) is 12.5. The molecular formula is C20H21N3O. The Kier molecular flexibility index (Phi) is 4.20. The summed E-state index contributed by atoms with van der Waals surface area (Å²) in [4.78, 5) is 2.48. The molecular weight excluding hydrogens is 298 g/mol. The van der Waals surface area contributed by atoms with Crippen LogP contribution < -0.4 is 10.1 Å². The molecule has 1 fully saturated rings. The van der Waals surface area contributed by atoms with Crippen molar-refractivity contribution in [1.82, 2.24) is 10.2 Å². The van der Waals surface area contributed by atoms with Crippen molar-refractivity contribution < 1.29 is 4.74 Å². The molecule has 0 aliphatic carbocycles. The summed E-state index contributed by atoms with van der Waals surface area (Å²) >= 11 is 0. The maximum atomic E-state index is 9.13. The van der Waals surface area contributed by atoms with Crippen molar-refractivity contribution in [3.8, 4) is 22.9 Å². The van der Waals surface area contributed by atoms with E-state index in [0.29, 0.717) is 5.56 Å². The molecule has 0 saturated carbocycles. The molecule has 1 N–H and O–H groups in total. The third kappa shape index (κ3) is 3.01. The van der Waals surface area contributed by atoms with Gasteiger partial charge >= 0.3 is 0 Å². The van der Waals surface area contributed by atoms with Crippen molar-refractivity contribution >= 4 is 0 Å². The molecule has 24 heavy (non-hydrogen) atoms. The Morgan fingerprint density at radius 2 is 2.00 bits per heavy atom. The fourth-order valence-electron chi connectivity index (χ4n) is 3.61. The van der Waals surface area contributed by atoms with Crippen LogP contribution in [0.1, 0.15) is 11.1 Å². The third-order valence-electron chi connectivity index (χ3n) is 4.80. The van der Waals surface area contributed by atoms with Gasteiger partial charge in [-0.2, -0.15) is 5.26 Å². The number of para-hydroxylation sites is 1. The third-order valence-corrected chi connectivity index (χ3v) is 4.80. The number of rotatable bonds is 3. The molecule has 2 aliphatic heterocycles. The Morgan fingerprint density at radius 3 is 2.83 bits per heavy atom. The van der Waals surface area contributed by atoms with Crippen LogP contribution in [0.5, 0.6) is 5.75 Å². The highest BCUT2D eigenvalue weighted by Gasteiger charge is 2.27. The molecule has 0 spiro atoms. The van der Waals surface area contributed by atoms with E-state index in [9.17, 15) is 0 Å². The summed E-state index contributed by atoms with van der Waals surface area (Å²) in [6.07, 6.45) is 1.18. The predicted octanol–water partition coefficient (Wildman–Crippen LogP) is 2.43. The van der Waals surface area contributed by atoms with E-state index < -0.39 is 0 Å². The molecule has 2 aromatic rings. The van der Waals surface area contributed by atoms with E-state index in [1.807, 2.05) is 24.3 Å². The highest BCUT2D eigenvalue weighted by atomic mass is 16.5. The van der Waals surface area contributed by atoms with E-state index in [4.69, 9.17) is 10.00 Å². The second-order valence-corrected chi connectivity index (χ2v) is 6.48. The fourth-order valence-corrected chi connectivity index (χ4v) is 3.61. The molecule has 4 heteroatoms. The van der Waals surface area contributed by atoms with Crippen LogP contribution in [0.3, 0.4) is 0 Å². The van der Waals surface area contributed by atoms with Gasteiger partial charge in [-0.3, -0.25) is 4.90 Å². The molecule has 0 radical (unpaired) electrons. The maximum absolute atomic E-state index is 9.13. The number of nitriles is 1. The lowest BCUT2D eigenvalue weighted by Gasteiger charge is -2.29. The Bertz CT molecular complexity index is 775. The Balaban J connectivity index is 1.56. The summed E-state index contributed by atoms with van der Waals surface area (Å²) in [5.41, 5.74) is 4.09. The second kappa shape index (κ2) is 6.64. The van der Waals surface area contributed by atoms with Gasteiger partial charge in [-0.05, 0) is 23.3 Å². The smallest absolute Gasteiger partial charge is 0.130 e. The minimum Gasteiger partial charge on any atom is -0.488 e. The van der Waals surface area contributed by atoms with Gasteiger partial charge < -0.3 is 10.1 Å². The van der Waals surface area contributed by atoms with Crippen LogP contribution in [-0.2, 0) is 6.42 Å². The zero-order valence-corrected chi connectivity index (χ0v) is 13.7. The molecule has 2 aliphatic rings. The van der Waals surface area contributed by atoms with Gasteiger partial charge in [0.05, 0.1) is 11.6 Å². The number of benzene rings is 2.